The quantitative estimate of drug-likeness (QED) is 0.410. The second-order valence-corrected chi connectivity index (χ2v) is 3.30. The van der Waals surface area contributed by atoms with Crippen molar-refractivity contribution >= 4 is 22.8 Å². The Bertz CT molecular complexity index is 502. The Balaban J connectivity index is 2.55. The second kappa shape index (κ2) is 3.84. The number of aromatic nitrogens is 2. The van der Waals surface area contributed by atoms with Crippen molar-refractivity contribution in [1.29, 1.82) is 0 Å². The number of nitrogens with one attached hydrogen (secondary N) is 2. The van der Waals surface area contributed by atoms with E-state index in [1.54, 1.807) is 6.07 Å². The Morgan fingerprint density at radius 1 is 1.44 bits per heavy atom. The van der Waals surface area contributed by atoms with E-state index in [0.717, 1.165) is 0 Å². The highest BCUT2D eigenvalue weighted by atomic mass is 16.6. The van der Waals surface area contributed by atoms with Gasteiger partial charge >= 0.3 is 5.82 Å². The molecule has 0 amide bonds. The van der Waals surface area contributed by atoms with Gasteiger partial charge in [0.05, 0.1) is 6.54 Å². The van der Waals surface area contributed by atoms with Gasteiger partial charge in [0.15, 0.2) is 11.4 Å². The standard InChI is InChI=1S/C9H14N4O3/c1-3-10-7-5-6-8(16-7)9(11-4-2)13(15)12(6)14/h5,10-11,14H,3-4H2,1-2H3. The van der Waals surface area contributed by atoms with Crippen LogP contribution in [0.25, 0.3) is 11.1 Å². The Morgan fingerprint density at radius 2 is 2.12 bits per heavy atom. The lowest BCUT2D eigenvalue weighted by Gasteiger charge is -2.03. The summed E-state index contributed by atoms with van der Waals surface area (Å²) in [7, 11) is 0. The number of anilines is 2. The summed E-state index contributed by atoms with van der Waals surface area (Å²) in [4.78, 5) is 0.866. The predicted molar refractivity (Wildman–Crippen MR) is 58.7 cm³/mol. The summed E-state index contributed by atoms with van der Waals surface area (Å²) in [6.07, 6.45) is 0. The third-order valence-corrected chi connectivity index (χ3v) is 2.20. The summed E-state index contributed by atoms with van der Waals surface area (Å²) >= 11 is 0. The molecular weight excluding hydrogens is 212 g/mol. The minimum Gasteiger partial charge on any atom is -0.690 e. The number of nitrogens with zero attached hydrogens (tertiary/aromatic N) is 2. The lowest BCUT2D eigenvalue weighted by atomic mass is 10.4. The molecular formula is C9H14N4O3. The minimum atomic E-state index is 0.212. The van der Waals surface area contributed by atoms with E-state index in [0.29, 0.717) is 39.8 Å². The summed E-state index contributed by atoms with van der Waals surface area (Å²) in [6.45, 7) is 5.06. The highest BCUT2D eigenvalue weighted by molar-refractivity contribution is 5.85. The molecule has 0 atom stereocenters. The molecule has 0 aliphatic carbocycles. The lowest BCUT2D eigenvalue weighted by molar-refractivity contribution is -0.709. The van der Waals surface area contributed by atoms with Gasteiger partial charge in [0.1, 0.15) is 0 Å². The van der Waals surface area contributed by atoms with Gasteiger partial charge in [-0.25, -0.2) is 0 Å². The van der Waals surface area contributed by atoms with Gasteiger partial charge in [-0.1, -0.05) is 0 Å². The molecule has 2 heterocycles. The zero-order valence-corrected chi connectivity index (χ0v) is 9.15. The zero-order chi connectivity index (χ0) is 11.7. The summed E-state index contributed by atoms with van der Waals surface area (Å²) < 4.78 is 5.42. The van der Waals surface area contributed by atoms with Crippen LogP contribution in [-0.2, 0) is 0 Å². The van der Waals surface area contributed by atoms with Gasteiger partial charge in [0.2, 0.25) is 0 Å². The molecule has 0 saturated heterocycles. The fourth-order valence-electron chi connectivity index (χ4n) is 1.56. The van der Waals surface area contributed by atoms with Crippen molar-refractivity contribution in [3.63, 3.8) is 0 Å². The number of hydrogen-bond donors (Lipinski definition) is 3. The van der Waals surface area contributed by atoms with Crippen molar-refractivity contribution in [1.82, 2.24) is 4.85 Å². The van der Waals surface area contributed by atoms with Crippen molar-refractivity contribution in [2.45, 2.75) is 13.8 Å². The second-order valence-electron chi connectivity index (χ2n) is 3.30. The van der Waals surface area contributed by atoms with Crippen LogP contribution in [0.3, 0.4) is 0 Å². The highest BCUT2D eigenvalue weighted by Crippen LogP contribution is 2.27. The normalized spacial score (nSPS) is 10.9. The lowest BCUT2D eigenvalue weighted by Crippen LogP contribution is -2.38. The van der Waals surface area contributed by atoms with E-state index in [2.05, 4.69) is 10.6 Å². The van der Waals surface area contributed by atoms with Crippen LogP contribution in [0.1, 0.15) is 13.8 Å². The summed E-state index contributed by atoms with van der Waals surface area (Å²) in [6, 6.07) is 1.58. The first-order valence-electron chi connectivity index (χ1n) is 5.14. The van der Waals surface area contributed by atoms with E-state index < -0.39 is 0 Å². The van der Waals surface area contributed by atoms with Gasteiger partial charge in [-0.05, 0) is 18.7 Å². The van der Waals surface area contributed by atoms with Crippen LogP contribution in [0.4, 0.5) is 11.7 Å². The van der Waals surface area contributed by atoms with Gasteiger partial charge in [-0.3, -0.25) is 5.32 Å². The number of fused-ring (bicyclic) bond motifs is 1. The molecule has 2 rings (SSSR count). The van der Waals surface area contributed by atoms with Gasteiger partial charge in [0.25, 0.3) is 5.58 Å². The molecule has 2 aromatic heterocycles. The fourth-order valence-corrected chi connectivity index (χ4v) is 1.56. The van der Waals surface area contributed by atoms with Crippen LogP contribution in [0.5, 0.6) is 0 Å². The minimum absolute atomic E-state index is 0.212. The maximum Gasteiger partial charge on any atom is 0.346 e. The maximum atomic E-state index is 11.5. The Hall–Kier alpha value is -2.05. The van der Waals surface area contributed by atoms with Crippen LogP contribution in [0, 0.1) is 5.21 Å². The Morgan fingerprint density at radius 3 is 2.75 bits per heavy atom. The first kappa shape index (κ1) is 10.5. The van der Waals surface area contributed by atoms with Crippen LogP contribution in [0.15, 0.2) is 10.5 Å². The topological polar surface area (TPSA) is 89.3 Å². The van der Waals surface area contributed by atoms with Crippen molar-refractivity contribution in [2.24, 2.45) is 0 Å². The van der Waals surface area contributed by atoms with Crippen LogP contribution < -0.4 is 15.5 Å². The van der Waals surface area contributed by atoms with Crippen molar-refractivity contribution < 1.29 is 14.5 Å². The SMILES string of the molecule is CCNc1cc2c(o1)c(NCC)[n+]([O-])n2O. The van der Waals surface area contributed by atoms with Crippen LogP contribution in [0.2, 0.25) is 0 Å². The molecule has 88 valence electrons. The van der Waals surface area contributed by atoms with Gasteiger partial charge in [-0.15, -0.1) is 4.85 Å². The molecule has 7 nitrogen and oxygen atoms in total. The van der Waals surface area contributed by atoms with E-state index in [9.17, 15) is 10.4 Å². The average molecular weight is 226 g/mol. The molecule has 0 radical (unpaired) electrons. The molecule has 0 aliphatic rings. The summed E-state index contributed by atoms with van der Waals surface area (Å²) in [5, 5.41) is 26.8. The maximum absolute atomic E-state index is 11.5. The van der Waals surface area contributed by atoms with Crippen LogP contribution >= 0.6 is 0 Å². The smallest absolute Gasteiger partial charge is 0.346 e. The first-order valence-corrected chi connectivity index (χ1v) is 5.14. The average Bonchev–Trinajstić information content (AvgIpc) is 2.75. The molecule has 3 N–H and O–H groups in total. The zero-order valence-electron chi connectivity index (χ0n) is 9.15. The molecule has 0 aromatic carbocycles. The predicted octanol–water partition coefficient (Wildman–Crippen LogP) is 0.969. The highest BCUT2D eigenvalue weighted by Gasteiger charge is 2.23. The fraction of sp³-hybridized carbons (Fsp3) is 0.444. The van der Waals surface area contributed by atoms with E-state index >= 15 is 0 Å². The summed E-state index contributed by atoms with van der Waals surface area (Å²) in [5.41, 5.74) is 0.678. The molecule has 0 fully saturated rings. The van der Waals surface area contributed by atoms with Crippen molar-refractivity contribution in [3.05, 3.63) is 11.3 Å². The Labute approximate surface area is 91.8 Å². The Kier molecular flexibility index (Phi) is 2.51. The van der Waals surface area contributed by atoms with E-state index in [-0.39, 0.29) is 5.82 Å². The summed E-state index contributed by atoms with van der Waals surface area (Å²) in [5.74, 6) is 0.735. The molecule has 2 aromatic rings. The molecule has 0 aliphatic heterocycles. The largest absolute Gasteiger partial charge is 0.690 e. The monoisotopic (exact) mass is 226 g/mol. The van der Waals surface area contributed by atoms with Gasteiger partial charge in [-0.2, -0.15) is 0 Å². The molecule has 0 spiro atoms. The molecule has 0 unspecified atom stereocenters. The molecule has 16 heavy (non-hydrogen) atoms. The third kappa shape index (κ3) is 1.40. The first-order chi connectivity index (χ1) is 7.69. The number of furan rings is 1. The van der Waals surface area contributed by atoms with Crippen LogP contribution in [-0.4, -0.2) is 23.1 Å². The van der Waals surface area contributed by atoms with E-state index in [4.69, 9.17) is 4.42 Å². The van der Waals surface area contributed by atoms with E-state index in [1.807, 2.05) is 13.8 Å². The number of rotatable bonds is 4. The van der Waals surface area contributed by atoms with Gasteiger partial charge < -0.3 is 20.1 Å². The van der Waals surface area contributed by atoms with E-state index in [1.165, 1.54) is 0 Å². The van der Waals surface area contributed by atoms with Gasteiger partial charge in [0, 0.05) is 12.6 Å². The molecule has 7 heteroatoms. The number of hydrogen-bond acceptors (Lipinski definition) is 5. The molecule has 0 bridgehead atoms. The van der Waals surface area contributed by atoms with Crippen molar-refractivity contribution in [2.75, 3.05) is 23.7 Å². The van der Waals surface area contributed by atoms with Crippen molar-refractivity contribution in [3.8, 4) is 0 Å². The third-order valence-electron chi connectivity index (χ3n) is 2.20. The molecule has 0 saturated carbocycles.